The number of aryl methyl sites for hydroxylation is 1. The van der Waals surface area contributed by atoms with Gasteiger partial charge in [0.15, 0.2) is 0 Å². The molecule has 0 bridgehead atoms. The molecule has 1 aromatic carbocycles. The lowest BCUT2D eigenvalue weighted by molar-refractivity contribution is -0.135. The summed E-state index contributed by atoms with van der Waals surface area (Å²) < 4.78 is 74.8. The fourth-order valence-electron chi connectivity index (χ4n) is 1.62. The highest BCUT2D eigenvalue weighted by atomic mass is 35.5. The molecule has 0 amide bonds. The molecule has 0 aromatic heterocycles. The summed E-state index contributed by atoms with van der Waals surface area (Å²) in [7, 11) is -4.38. The lowest BCUT2D eigenvalue weighted by Crippen LogP contribution is -2.40. The summed E-state index contributed by atoms with van der Waals surface area (Å²) in [5, 5.41) is 0. The van der Waals surface area contributed by atoms with E-state index in [9.17, 15) is 26.0 Å². The van der Waals surface area contributed by atoms with Crippen molar-refractivity contribution in [1.29, 1.82) is 0 Å². The van der Waals surface area contributed by atoms with Crippen LogP contribution in [-0.4, -0.2) is 37.9 Å². The number of nitrogens with zero attached hydrogens (tertiary/aromatic N) is 1. The maximum atomic E-state index is 12.9. The van der Waals surface area contributed by atoms with Gasteiger partial charge in [0.1, 0.15) is 12.4 Å². The fraction of sp³-hybridized carbons (Fsp3) is 0.455. The molecule has 3 nitrogen and oxygen atoms in total. The second-order valence-corrected chi connectivity index (χ2v) is 6.34. The first kappa shape index (κ1) is 17.2. The van der Waals surface area contributed by atoms with E-state index in [2.05, 4.69) is 0 Å². The van der Waals surface area contributed by atoms with Gasteiger partial charge in [-0.25, -0.2) is 12.8 Å². The molecule has 0 N–H and O–H groups in total. The van der Waals surface area contributed by atoms with Crippen LogP contribution >= 0.6 is 11.6 Å². The van der Waals surface area contributed by atoms with Gasteiger partial charge in [0.05, 0.1) is 4.90 Å². The Morgan fingerprint density at radius 3 is 2.35 bits per heavy atom. The Balaban J connectivity index is 3.22. The second kappa shape index (κ2) is 6.28. The number of hydrogen-bond donors (Lipinski definition) is 0. The third-order valence-electron chi connectivity index (χ3n) is 2.44. The van der Waals surface area contributed by atoms with Crippen molar-refractivity contribution in [2.75, 3.05) is 19.0 Å². The molecular formula is C11H12ClF4NO2S. The Morgan fingerprint density at radius 1 is 1.30 bits per heavy atom. The number of halogens is 5. The largest absolute Gasteiger partial charge is 0.402 e. The predicted molar refractivity (Wildman–Crippen MR) is 66.7 cm³/mol. The first-order chi connectivity index (χ1) is 9.08. The van der Waals surface area contributed by atoms with E-state index in [1.54, 1.807) is 0 Å². The van der Waals surface area contributed by atoms with E-state index in [0.717, 1.165) is 18.2 Å². The zero-order valence-electron chi connectivity index (χ0n) is 10.4. The zero-order valence-corrected chi connectivity index (χ0v) is 12.0. The molecule has 0 unspecified atom stereocenters. The molecule has 0 spiro atoms. The van der Waals surface area contributed by atoms with Crippen molar-refractivity contribution in [3.63, 3.8) is 0 Å². The van der Waals surface area contributed by atoms with E-state index in [1.165, 1.54) is 6.92 Å². The molecule has 0 saturated heterocycles. The fourth-order valence-corrected chi connectivity index (χ4v) is 3.56. The predicted octanol–water partition coefficient (Wildman–Crippen LogP) is 2.93. The first-order valence-corrected chi connectivity index (χ1v) is 7.44. The van der Waals surface area contributed by atoms with Crippen LogP contribution < -0.4 is 0 Å². The molecule has 0 atom stereocenters. The number of hydrogen-bond acceptors (Lipinski definition) is 2. The highest BCUT2D eigenvalue weighted by molar-refractivity contribution is 7.89. The van der Waals surface area contributed by atoms with Crippen LogP contribution in [0.15, 0.2) is 23.1 Å². The van der Waals surface area contributed by atoms with Crippen LogP contribution in [0.25, 0.3) is 0 Å². The molecule has 0 aliphatic carbocycles. The van der Waals surface area contributed by atoms with Crippen LogP contribution in [0.5, 0.6) is 0 Å². The summed E-state index contributed by atoms with van der Waals surface area (Å²) >= 11 is 5.35. The van der Waals surface area contributed by atoms with Crippen molar-refractivity contribution in [1.82, 2.24) is 4.31 Å². The summed E-state index contributed by atoms with van der Waals surface area (Å²) in [6.45, 7) is -0.818. The lowest BCUT2D eigenvalue weighted by atomic mass is 10.2. The summed E-state index contributed by atoms with van der Waals surface area (Å²) in [4.78, 5) is -0.367. The maximum Gasteiger partial charge on any atom is 0.402 e. The number of alkyl halides is 4. The van der Waals surface area contributed by atoms with Crippen molar-refractivity contribution in [2.45, 2.75) is 18.0 Å². The molecule has 20 heavy (non-hydrogen) atoms. The first-order valence-electron chi connectivity index (χ1n) is 5.47. The van der Waals surface area contributed by atoms with Crippen LogP contribution in [0.2, 0.25) is 0 Å². The van der Waals surface area contributed by atoms with Crippen molar-refractivity contribution < 1.29 is 26.0 Å². The van der Waals surface area contributed by atoms with Gasteiger partial charge in [-0.15, -0.1) is 11.6 Å². The summed E-state index contributed by atoms with van der Waals surface area (Å²) in [6.07, 6.45) is -4.69. The molecule has 114 valence electrons. The minimum Gasteiger partial charge on any atom is -0.207 e. The van der Waals surface area contributed by atoms with Gasteiger partial charge in [-0.05, 0) is 30.7 Å². The smallest absolute Gasteiger partial charge is 0.207 e. The van der Waals surface area contributed by atoms with E-state index in [0.29, 0.717) is 0 Å². The molecule has 0 aliphatic rings. The summed E-state index contributed by atoms with van der Waals surface area (Å²) in [5.74, 6) is -0.948. The van der Waals surface area contributed by atoms with Crippen molar-refractivity contribution in [3.05, 3.63) is 29.6 Å². The topological polar surface area (TPSA) is 37.4 Å². The van der Waals surface area contributed by atoms with E-state index in [4.69, 9.17) is 11.6 Å². The van der Waals surface area contributed by atoms with Crippen molar-refractivity contribution in [2.24, 2.45) is 0 Å². The molecule has 0 heterocycles. The SMILES string of the molecule is Cc1cc(F)ccc1S(=O)(=O)N(CCCl)CC(F)(F)F. The van der Waals surface area contributed by atoms with Gasteiger partial charge in [0, 0.05) is 12.4 Å². The Morgan fingerprint density at radius 2 is 1.90 bits per heavy atom. The van der Waals surface area contributed by atoms with Gasteiger partial charge in [0.2, 0.25) is 10.0 Å². The minimum atomic E-state index is -4.69. The number of rotatable bonds is 5. The lowest BCUT2D eigenvalue weighted by Gasteiger charge is -2.23. The van der Waals surface area contributed by atoms with Gasteiger partial charge in [0.25, 0.3) is 0 Å². The Bertz CT molecular complexity index is 574. The molecule has 9 heteroatoms. The molecule has 1 rings (SSSR count). The van der Waals surface area contributed by atoms with E-state index < -0.39 is 35.1 Å². The van der Waals surface area contributed by atoms with E-state index in [1.807, 2.05) is 0 Å². The van der Waals surface area contributed by atoms with Crippen molar-refractivity contribution >= 4 is 21.6 Å². The van der Waals surface area contributed by atoms with Gasteiger partial charge >= 0.3 is 6.18 Å². The second-order valence-electron chi connectivity index (χ2n) is 4.05. The highest BCUT2D eigenvalue weighted by Crippen LogP contribution is 2.25. The van der Waals surface area contributed by atoms with Crippen LogP contribution in [0.1, 0.15) is 5.56 Å². The molecule has 0 aliphatic heterocycles. The maximum absolute atomic E-state index is 12.9. The third-order valence-corrected chi connectivity index (χ3v) is 4.62. The van der Waals surface area contributed by atoms with Gasteiger partial charge < -0.3 is 0 Å². The van der Waals surface area contributed by atoms with Crippen LogP contribution in [0.3, 0.4) is 0 Å². The average molecular weight is 334 g/mol. The van der Waals surface area contributed by atoms with Crippen molar-refractivity contribution in [3.8, 4) is 0 Å². The Kier molecular flexibility index (Phi) is 5.39. The van der Waals surface area contributed by atoms with E-state index >= 15 is 0 Å². The average Bonchev–Trinajstić information content (AvgIpc) is 2.26. The third kappa shape index (κ3) is 4.32. The summed E-state index contributed by atoms with van der Waals surface area (Å²) in [6, 6.07) is 2.77. The van der Waals surface area contributed by atoms with Gasteiger partial charge in [-0.1, -0.05) is 0 Å². The van der Waals surface area contributed by atoms with Crippen LogP contribution in [0, 0.1) is 12.7 Å². The zero-order chi connectivity index (χ0) is 15.6. The normalized spacial score (nSPS) is 12.9. The molecule has 0 fully saturated rings. The highest BCUT2D eigenvalue weighted by Gasteiger charge is 2.37. The Hall–Kier alpha value is -0.860. The molecular weight excluding hydrogens is 322 g/mol. The van der Waals surface area contributed by atoms with Crippen LogP contribution in [0.4, 0.5) is 17.6 Å². The molecule has 1 aromatic rings. The molecule has 0 radical (unpaired) electrons. The van der Waals surface area contributed by atoms with Gasteiger partial charge in [-0.3, -0.25) is 0 Å². The monoisotopic (exact) mass is 333 g/mol. The van der Waals surface area contributed by atoms with Gasteiger partial charge in [-0.2, -0.15) is 17.5 Å². The number of benzene rings is 1. The van der Waals surface area contributed by atoms with E-state index in [-0.39, 0.29) is 20.6 Å². The minimum absolute atomic E-state index is 0.0340. The van der Waals surface area contributed by atoms with Crippen LogP contribution in [-0.2, 0) is 10.0 Å². The summed E-state index contributed by atoms with van der Waals surface area (Å²) in [5.41, 5.74) is 0.0340. The molecule has 0 saturated carbocycles. The standard InChI is InChI=1S/C11H12ClF4NO2S/c1-8-6-9(13)2-3-10(8)20(18,19)17(5-4-12)7-11(14,15)16/h2-3,6H,4-5,7H2,1H3. The quantitative estimate of drug-likeness (QED) is 0.614. The Labute approximate surface area is 119 Å². The number of sulfonamides is 1.